The molecule has 2 aromatic carbocycles. The lowest BCUT2D eigenvalue weighted by Gasteiger charge is -2.14. The van der Waals surface area contributed by atoms with Gasteiger partial charge in [0.15, 0.2) is 0 Å². The van der Waals surface area contributed by atoms with E-state index in [1.165, 1.54) is 0 Å². The summed E-state index contributed by atoms with van der Waals surface area (Å²) in [5.74, 6) is -0.236. The number of benzene rings is 2. The maximum atomic E-state index is 12.7. The third kappa shape index (κ3) is 4.77. The van der Waals surface area contributed by atoms with E-state index < -0.39 is 6.04 Å². The monoisotopic (exact) mass is 394 g/mol. The first-order chi connectivity index (χ1) is 14.7. The fraction of sp³-hybridized carbons (Fsp3) is 0.0800. The van der Waals surface area contributed by atoms with Gasteiger partial charge >= 0.3 is 0 Å². The number of rotatable bonds is 6. The minimum atomic E-state index is -0.660. The van der Waals surface area contributed by atoms with Crippen molar-refractivity contribution in [2.45, 2.75) is 12.5 Å². The Hall–Kier alpha value is -3.83. The van der Waals surface area contributed by atoms with Gasteiger partial charge in [-0.3, -0.25) is 14.8 Å². The van der Waals surface area contributed by atoms with Gasteiger partial charge in [-0.15, -0.1) is 0 Å². The molecule has 2 aromatic heterocycles. The molecule has 0 unspecified atom stereocenters. The Labute approximate surface area is 175 Å². The van der Waals surface area contributed by atoms with E-state index in [1.54, 1.807) is 24.8 Å². The van der Waals surface area contributed by atoms with Gasteiger partial charge < -0.3 is 11.1 Å². The number of nitrogens with two attached hydrogens (primary N) is 1. The highest BCUT2D eigenvalue weighted by Gasteiger charge is 2.16. The Morgan fingerprint density at radius 3 is 2.57 bits per heavy atom. The van der Waals surface area contributed by atoms with Crippen LogP contribution in [0.3, 0.4) is 0 Å². The number of carbonyl (C=O) groups is 1. The van der Waals surface area contributed by atoms with Crippen molar-refractivity contribution in [3.8, 4) is 0 Å². The number of amides is 1. The third-order valence-electron chi connectivity index (χ3n) is 4.86. The molecule has 148 valence electrons. The van der Waals surface area contributed by atoms with E-state index in [0.717, 1.165) is 27.5 Å². The first-order valence-corrected chi connectivity index (χ1v) is 9.75. The van der Waals surface area contributed by atoms with Gasteiger partial charge in [-0.1, -0.05) is 54.6 Å². The van der Waals surface area contributed by atoms with Crippen LogP contribution in [0.1, 0.15) is 16.7 Å². The smallest absolute Gasteiger partial charge is 0.241 e. The zero-order valence-electron chi connectivity index (χ0n) is 16.4. The fourth-order valence-corrected chi connectivity index (χ4v) is 3.32. The van der Waals surface area contributed by atoms with Crippen molar-refractivity contribution >= 4 is 34.5 Å². The first kappa shape index (κ1) is 19.5. The number of pyridine rings is 2. The van der Waals surface area contributed by atoms with Crippen LogP contribution in [0.5, 0.6) is 0 Å². The number of hydrogen-bond acceptors (Lipinski definition) is 4. The predicted octanol–water partition coefficient (Wildman–Crippen LogP) is 4.31. The fourth-order valence-electron chi connectivity index (χ4n) is 3.32. The van der Waals surface area contributed by atoms with Crippen LogP contribution in [0.25, 0.3) is 22.9 Å². The average Bonchev–Trinajstić information content (AvgIpc) is 2.79. The van der Waals surface area contributed by atoms with E-state index in [4.69, 9.17) is 5.73 Å². The van der Waals surface area contributed by atoms with Gasteiger partial charge in [0.05, 0.1) is 17.9 Å². The molecule has 5 nitrogen and oxygen atoms in total. The summed E-state index contributed by atoms with van der Waals surface area (Å²) < 4.78 is 0. The van der Waals surface area contributed by atoms with Crippen molar-refractivity contribution in [3.05, 3.63) is 102 Å². The molecule has 1 amide bonds. The molecule has 0 fully saturated rings. The number of nitrogens with zero attached hydrogens (tertiary/aromatic N) is 2. The Morgan fingerprint density at radius 2 is 1.70 bits per heavy atom. The molecule has 4 rings (SSSR count). The van der Waals surface area contributed by atoms with Crippen LogP contribution in [0, 0.1) is 0 Å². The summed E-state index contributed by atoms with van der Waals surface area (Å²) in [5, 5.41) is 5.14. The highest BCUT2D eigenvalue weighted by atomic mass is 16.2. The number of hydrogen-bond donors (Lipinski definition) is 2. The summed E-state index contributed by atoms with van der Waals surface area (Å²) in [6.07, 6.45) is 11.2. The lowest BCUT2D eigenvalue weighted by molar-refractivity contribution is -0.117. The molecule has 0 saturated carbocycles. The average molecular weight is 394 g/mol. The van der Waals surface area contributed by atoms with Crippen LogP contribution in [-0.4, -0.2) is 21.9 Å². The van der Waals surface area contributed by atoms with Crippen molar-refractivity contribution in [1.29, 1.82) is 0 Å². The minimum absolute atomic E-state index is 0.236. The molecule has 0 spiro atoms. The van der Waals surface area contributed by atoms with Gasteiger partial charge in [-0.25, -0.2) is 0 Å². The highest BCUT2D eigenvalue weighted by Crippen LogP contribution is 2.20. The van der Waals surface area contributed by atoms with Gasteiger partial charge in [0.1, 0.15) is 0 Å². The topological polar surface area (TPSA) is 80.9 Å². The number of fused-ring (bicyclic) bond motifs is 1. The standard InChI is InChI=1S/C25H22N4O/c26-24(15-21-6-3-5-20-4-1-2-7-23(20)21)25(30)29-22-14-19(16-28-17-22)9-8-18-10-12-27-13-11-18/h1-14,16-17,24H,15,26H2,(H,29,30)/t24-/m0/s1. The second-order valence-corrected chi connectivity index (χ2v) is 7.06. The molecule has 0 saturated heterocycles. The van der Waals surface area contributed by atoms with E-state index in [-0.39, 0.29) is 5.91 Å². The molecule has 0 aliphatic carbocycles. The molecule has 2 heterocycles. The molecule has 0 aliphatic heterocycles. The van der Waals surface area contributed by atoms with Gasteiger partial charge in [0, 0.05) is 18.6 Å². The van der Waals surface area contributed by atoms with Gasteiger partial charge in [0.2, 0.25) is 5.91 Å². The van der Waals surface area contributed by atoms with Crippen LogP contribution in [-0.2, 0) is 11.2 Å². The van der Waals surface area contributed by atoms with Crippen LogP contribution in [0.15, 0.2) is 85.5 Å². The second-order valence-electron chi connectivity index (χ2n) is 7.06. The molecule has 0 aliphatic rings. The number of nitrogens with one attached hydrogen (secondary N) is 1. The summed E-state index contributed by atoms with van der Waals surface area (Å²) in [5.41, 5.74) is 9.80. The van der Waals surface area contributed by atoms with Crippen molar-refractivity contribution in [1.82, 2.24) is 9.97 Å². The van der Waals surface area contributed by atoms with Gasteiger partial charge in [-0.05, 0) is 52.1 Å². The van der Waals surface area contributed by atoms with Crippen molar-refractivity contribution < 1.29 is 4.79 Å². The van der Waals surface area contributed by atoms with Gasteiger partial charge in [0.25, 0.3) is 0 Å². The summed E-state index contributed by atoms with van der Waals surface area (Å²) in [4.78, 5) is 20.9. The molecule has 0 bridgehead atoms. The van der Waals surface area contributed by atoms with Crippen LogP contribution >= 0.6 is 0 Å². The number of aromatic nitrogens is 2. The Balaban J connectivity index is 1.44. The van der Waals surface area contributed by atoms with Crippen LogP contribution in [0.2, 0.25) is 0 Å². The Bertz CT molecular complexity index is 1180. The molecular formula is C25H22N4O. The van der Waals surface area contributed by atoms with Crippen molar-refractivity contribution in [2.75, 3.05) is 5.32 Å². The number of anilines is 1. The lowest BCUT2D eigenvalue weighted by Crippen LogP contribution is -2.37. The largest absolute Gasteiger partial charge is 0.323 e. The first-order valence-electron chi connectivity index (χ1n) is 9.75. The SMILES string of the molecule is N[C@@H](Cc1cccc2ccccc12)C(=O)Nc1cncc(C=Cc2ccncc2)c1. The summed E-state index contributed by atoms with van der Waals surface area (Å²) in [6, 6.07) is 19.2. The second kappa shape index (κ2) is 9.11. The van der Waals surface area contributed by atoms with Gasteiger partial charge in [-0.2, -0.15) is 0 Å². The molecule has 4 aromatic rings. The zero-order chi connectivity index (χ0) is 20.8. The van der Waals surface area contributed by atoms with E-state index >= 15 is 0 Å². The molecule has 1 atom stereocenters. The van der Waals surface area contributed by atoms with Crippen molar-refractivity contribution in [2.24, 2.45) is 5.73 Å². The maximum absolute atomic E-state index is 12.7. The molecule has 30 heavy (non-hydrogen) atoms. The molecule has 5 heteroatoms. The normalized spacial score (nSPS) is 12.2. The summed E-state index contributed by atoms with van der Waals surface area (Å²) in [7, 11) is 0. The predicted molar refractivity (Wildman–Crippen MR) is 122 cm³/mol. The van der Waals surface area contributed by atoms with E-state index in [0.29, 0.717) is 12.1 Å². The summed E-state index contributed by atoms with van der Waals surface area (Å²) in [6.45, 7) is 0. The highest BCUT2D eigenvalue weighted by molar-refractivity contribution is 5.95. The zero-order valence-corrected chi connectivity index (χ0v) is 16.4. The minimum Gasteiger partial charge on any atom is -0.323 e. The Kier molecular flexibility index (Phi) is 5.92. The molecular weight excluding hydrogens is 372 g/mol. The maximum Gasteiger partial charge on any atom is 0.241 e. The van der Waals surface area contributed by atoms with Crippen molar-refractivity contribution in [3.63, 3.8) is 0 Å². The number of carbonyl (C=O) groups excluding carboxylic acids is 1. The molecule has 0 radical (unpaired) electrons. The van der Waals surface area contributed by atoms with E-state index in [9.17, 15) is 4.79 Å². The van der Waals surface area contributed by atoms with E-state index in [1.807, 2.05) is 54.6 Å². The Morgan fingerprint density at radius 1 is 0.933 bits per heavy atom. The third-order valence-corrected chi connectivity index (χ3v) is 4.86. The lowest BCUT2D eigenvalue weighted by atomic mass is 9.99. The summed E-state index contributed by atoms with van der Waals surface area (Å²) >= 11 is 0. The van der Waals surface area contributed by atoms with Crippen LogP contribution in [0.4, 0.5) is 5.69 Å². The van der Waals surface area contributed by atoms with Crippen LogP contribution < -0.4 is 11.1 Å². The molecule has 3 N–H and O–H groups in total. The quantitative estimate of drug-likeness (QED) is 0.511. The van der Waals surface area contributed by atoms with E-state index in [2.05, 4.69) is 33.5 Å².